The van der Waals surface area contributed by atoms with Gasteiger partial charge < -0.3 is 19.1 Å². The van der Waals surface area contributed by atoms with Gasteiger partial charge >= 0.3 is 0 Å². The van der Waals surface area contributed by atoms with Crippen LogP contribution in [0.2, 0.25) is 0 Å². The van der Waals surface area contributed by atoms with Crippen molar-refractivity contribution in [2.75, 3.05) is 7.11 Å². The number of ether oxygens (including phenoxy) is 2. The Kier molecular flexibility index (Phi) is 5.48. The third-order valence-electron chi connectivity index (χ3n) is 4.16. The van der Waals surface area contributed by atoms with Gasteiger partial charge in [0.25, 0.3) is 0 Å². The summed E-state index contributed by atoms with van der Waals surface area (Å²) in [5.41, 5.74) is 2.70. The van der Waals surface area contributed by atoms with E-state index in [1.807, 2.05) is 66.2 Å². The van der Waals surface area contributed by atoms with E-state index in [1.165, 1.54) is 0 Å². The highest BCUT2D eigenvalue weighted by Gasteiger charge is 2.25. The quantitative estimate of drug-likeness (QED) is 0.717. The number of benzene rings is 2. The molecule has 0 aliphatic carbocycles. The summed E-state index contributed by atoms with van der Waals surface area (Å²) in [6.07, 6.45) is 2.12. The van der Waals surface area contributed by atoms with Crippen LogP contribution in [0.15, 0.2) is 67.1 Å². The van der Waals surface area contributed by atoms with Crippen LogP contribution in [0.5, 0.6) is 5.75 Å². The van der Waals surface area contributed by atoms with Gasteiger partial charge in [-0.2, -0.15) is 0 Å². The summed E-state index contributed by atoms with van der Waals surface area (Å²) in [6.45, 7) is 0.512. The highest BCUT2D eigenvalue weighted by atomic mass is 16.5. The SMILES string of the molecule is COC(c1cncn1C)C(O)c1ccc(OCc2ccccc2)cc1. The minimum absolute atomic E-state index is 0.483. The van der Waals surface area contributed by atoms with Crippen molar-refractivity contribution in [1.82, 2.24) is 9.55 Å². The number of aliphatic hydroxyl groups is 1. The Balaban J connectivity index is 1.67. The van der Waals surface area contributed by atoms with Crippen LogP contribution in [0.4, 0.5) is 0 Å². The second-order valence-corrected chi connectivity index (χ2v) is 5.87. The van der Waals surface area contributed by atoms with Crippen LogP contribution in [0.3, 0.4) is 0 Å². The maximum Gasteiger partial charge on any atom is 0.129 e. The number of nitrogens with zero attached hydrogens (tertiary/aromatic N) is 2. The van der Waals surface area contributed by atoms with E-state index in [9.17, 15) is 5.11 Å². The number of aliphatic hydroxyl groups excluding tert-OH is 1. The lowest BCUT2D eigenvalue weighted by Crippen LogP contribution is -2.15. The van der Waals surface area contributed by atoms with E-state index >= 15 is 0 Å². The molecule has 0 aliphatic heterocycles. The standard InChI is InChI=1S/C20H22N2O3/c1-22-14-21-12-18(22)20(24-2)19(23)16-8-10-17(11-9-16)25-13-15-6-4-3-5-7-15/h3-12,14,19-20,23H,13H2,1-2H3. The molecule has 130 valence electrons. The van der Waals surface area contributed by atoms with Crippen molar-refractivity contribution in [3.8, 4) is 5.75 Å². The summed E-state index contributed by atoms with van der Waals surface area (Å²) < 4.78 is 13.1. The average molecular weight is 338 g/mol. The van der Waals surface area contributed by atoms with Crippen LogP contribution in [-0.2, 0) is 18.4 Å². The summed E-state index contributed by atoms with van der Waals surface area (Å²) in [4.78, 5) is 4.09. The van der Waals surface area contributed by atoms with Crippen LogP contribution >= 0.6 is 0 Å². The summed E-state index contributed by atoms with van der Waals surface area (Å²) in [6, 6.07) is 17.4. The van der Waals surface area contributed by atoms with Crippen molar-refractivity contribution >= 4 is 0 Å². The molecule has 0 spiro atoms. The largest absolute Gasteiger partial charge is 0.489 e. The van der Waals surface area contributed by atoms with Gasteiger partial charge in [-0.15, -0.1) is 0 Å². The first-order valence-corrected chi connectivity index (χ1v) is 8.13. The molecule has 5 nitrogen and oxygen atoms in total. The second-order valence-electron chi connectivity index (χ2n) is 5.87. The summed E-state index contributed by atoms with van der Waals surface area (Å²) in [7, 11) is 3.46. The lowest BCUT2D eigenvalue weighted by Gasteiger charge is -2.22. The van der Waals surface area contributed by atoms with Gasteiger partial charge in [-0.05, 0) is 23.3 Å². The van der Waals surface area contributed by atoms with Gasteiger partial charge in [0, 0.05) is 14.2 Å². The molecule has 0 bridgehead atoms. The number of aromatic nitrogens is 2. The summed E-state index contributed by atoms with van der Waals surface area (Å²) in [5.74, 6) is 0.759. The molecule has 3 aromatic rings. The van der Waals surface area contributed by atoms with E-state index in [1.54, 1.807) is 19.6 Å². The Morgan fingerprint density at radius 2 is 1.80 bits per heavy atom. The lowest BCUT2D eigenvalue weighted by molar-refractivity contribution is -0.0189. The molecule has 1 N–H and O–H groups in total. The lowest BCUT2D eigenvalue weighted by atomic mass is 10.0. The Morgan fingerprint density at radius 3 is 2.40 bits per heavy atom. The summed E-state index contributed by atoms with van der Waals surface area (Å²) >= 11 is 0. The zero-order valence-electron chi connectivity index (χ0n) is 14.4. The highest BCUT2D eigenvalue weighted by molar-refractivity contribution is 5.30. The molecule has 2 unspecified atom stereocenters. The van der Waals surface area contributed by atoms with E-state index < -0.39 is 12.2 Å². The monoisotopic (exact) mass is 338 g/mol. The normalized spacial score (nSPS) is 13.4. The van der Waals surface area contributed by atoms with Crippen LogP contribution in [0.25, 0.3) is 0 Å². The first-order valence-electron chi connectivity index (χ1n) is 8.13. The summed E-state index contributed by atoms with van der Waals surface area (Å²) in [5, 5.41) is 10.7. The van der Waals surface area contributed by atoms with Crippen molar-refractivity contribution in [2.24, 2.45) is 7.05 Å². The Hall–Kier alpha value is -2.63. The molecule has 2 aromatic carbocycles. The third kappa shape index (κ3) is 4.07. The van der Waals surface area contributed by atoms with Gasteiger partial charge in [0.05, 0.1) is 18.2 Å². The molecule has 3 rings (SSSR count). The van der Waals surface area contributed by atoms with Crippen LogP contribution in [0.1, 0.15) is 29.0 Å². The molecule has 0 amide bonds. The Morgan fingerprint density at radius 1 is 1.08 bits per heavy atom. The van der Waals surface area contributed by atoms with E-state index in [0.717, 1.165) is 22.6 Å². The van der Waals surface area contributed by atoms with E-state index in [0.29, 0.717) is 6.61 Å². The van der Waals surface area contributed by atoms with E-state index in [-0.39, 0.29) is 0 Å². The van der Waals surface area contributed by atoms with Gasteiger partial charge in [-0.1, -0.05) is 42.5 Å². The maximum absolute atomic E-state index is 10.7. The molecule has 0 saturated carbocycles. The zero-order valence-corrected chi connectivity index (χ0v) is 14.4. The molecule has 25 heavy (non-hydrogen) atoms. The average Bonchev–Trinajstić information content (AvgIpc) is 3.08. The van der Waals surface area contributed by atoms with E-state index in [2.05, 4.69) is 4.98 Å². The van der Waals surface area contributed by atoms with Gasteiger partial charge in [-0.25, -0.2) is 4.98 Å². The highest BCUT2D eigenvalue weighted by Crippen LogP contribution is 2.32. The van der Waals surface area contributed by atoms with Crippen molar-refractivity contribution in [3.63, 3.8) is 0 Å². The third-order valence-corrected chi connectivity index (χ3v) is 4.16. The van der Waals surface area contributed by atoms with Crippen molar-refractivity contribution in [2.45, 2.75) is 18.8 Å². The topological polar surface area (TPSA) is 56.5 Å². The predicted molar refractivity (Wildman–Crippen MR) is 95.1 cm³/mol. The van der Waals surface area contributed by atoms with Crippen LogP contribution in [-0.4, -0.2) is 21.8 Å². The maximum atomic E-state index is 10.7. The minimum Gasteiger partial charge on any atom is -0.489 e. The molecule has 1 aromatic heterocycles. The smallest absolute Gasteiger partial charge is 0.129 e. The second kappa shape index (κ2) is 7.96. The molecule has 0 fully saturated rings. The molecule has 2 atom stereocenters. The number of hydrogen-bond donors (Lipinski definition) is 1. The van der Waals surface area contributed by atoms with Gasteiger partial charge in [0.1, 0.15) is 24.6 Å². The Labute approximate surface area is 147 Å². The molecule has 0 saturated heterocycles. The number of rotatable bonds is 7. The predicted octanol–water partition coefficient (Wildman–Crippen LogP) is 3.42. The number of methoxy groups -OCH3 is 1. The van der Waals surface area contributed by atoms with Gasteiger partial charge in [0.15, 0.2) is 0 Å². The van der Waals surface area contributed by atoms with E-state index in [4.69, 9.17) is 9.47 Å². The van der Waals surface area contributed by atoms with Crippen molar-refractivity contribution in [1.29, 1.82) is 0 Å². The molecule has 0 radical (unpaired) electrons. The number of hydrogen-bond acceptors (Lipinski definition) is 4. The molecule has 5 heteroatoms. The fourth-order valence-electron chi connectivity index (χ4n) is 2.73. The number of imidazole rings is 1. The molecule has 1 heterocycles. The van der Waals surface area contributed by atoms with Gasteiger partial charge in [-0.3, -0.25) is 0 Å². The Bertz CT molecular complexity index is 784. The first-order chi connectivity index (χ1) is 12.2. The number of aryl methyl sites for hydroxylation is 1. The molecular formula is C20H22N2O3. The zero-order chi connectivity index (χ0) is 17.6. The first kappa shape index (κ1) is 17.2. The molecule has 0 aliphatic rings. The molecular weight excluding hydrogens is 316 g/mol. The van der Waals surface area contributed by atoms with Gasteiger partial charge in [0.2, 0.25) is 0 Å². The minimum atomic E-state index is -0.788. The van der Waals surface area contributed by atoms with Crippen molar-refractivity contribution in [3.05, 3.63) is 83.9 Å². The van der Waals surface area contributed by atoms with Crippen LogP contribution < -0.4 is 4.74 Å². The van der Waals surface area contributed by atoms with Crippen LogP contribution in [0, 0.1) is 0 Å². The van der Waals surface area contributed by atoms with Crippen molar-refractivity contribution < 1.29 is 14.6 Å². The fourth-order valence-corrected chi connectivity index (χ4v) is 2.73. The fraction of sp³-hybridized carbons (Fsp3) is 0.250.